The van der Waals surface area contributed by atoms with Gasteiger partial charge in [0.25, 0.3) is 6.10 Å². The summed E-state index contributed by atoms with van der Waals surface area (Å²) >= 11 is 0. The lowest BCUT2D eigenvalue weighted by Gasteiger charge is -2.17. The van der Waals surface area contributed by atoms with Gasteiger partial charge in [-0.15, -0.1) is 0 Å². The summed E-state index contributed by atoms with van der Waals surface area (Å²) in [5.74, 6) is -2.23. The van der Waals surface area contributed by atoms with Gasteiger partial charge >= 0.3 is 11.9 Å². The smallest absolute Gasteiger partial charge is 0.355 e. The van der Waals surface area contributed by atoms with Gasteiger partial charge in [0.15, 0.2) is 0 Å². The molecular formula is C24H20O6. The Labute approximate surface area is 174 Å². The second kappa shape index (κ2) is 10.0. The number of ether oxygens (including phenoxy) is 3. The minimum absolute atomic E-state index is 0.115. The molecule has 6 nitrogen and oxygen atoms in total. The largest absolute Gasteiger partial charge is 0.488 e. The highest BCUT2D eigenvalue weighted by Crippen LogP contribution is 2.23. The van der Waals surface area contributed by atoms with Crippen LogP contribution in [0.15, 0.2) is 84.9 Å². The Bertz CT molecular complexity index is 1010. The maximum Gasteiger partial charge on any atom is 0.355 e. The molecule has 3 rings (SSSR count). The molecule has 0 aliphatic rings. The van der Waals surface area contributed by atoms with Crippen LogP contribution >= 0.6 is 0 Å². The number of hydrogen-bond donors (Lipinski definition) is 0. The van der Waals surface area contributed by atoms with Crippen LogP contribution in [0.1, 0.15) is 26.3 Å². The van der Waals surface area contributed by atoms with Gasteiger partial charge in [-0.25, -0.2) is 9.59 Å². The highest BCUT2D eigenvalue weighted by Gasteiger charge is 2.34. The second-order valence-electron chi connectivity index (χ2n) is 6.31. The van der Waals surface area contributed by atoms with Crippen LogP contribution in [0.5, 0.6) is 5.75 Å². The van der Waals surface area contributed by atoms with Gasteiger partial charge in [-0.2, -0.15) is 0 Å². The maximum absolute atomic E-state index is 13.1. The average molecular weight is 404 g/mol. The molecule has 1 unspecified atom stereocenters. The van der Waals surface area contributed by atoms with Crippen molar-refractivity contribution in [1.29, 1.82) is 0 Å². The fourth-order valence-corrected chi connectivity index (χ4v) is 2.74. The van der Waals surface area contributed by atoms with E-state index in [-0.39, 0.29) is 23.5 Å². The molecule has 0 fully saturated rings. The third-order valence-electron chi connectivity index (χ3n) is 4.28. The summed E-state index contributed by atoms with van der Waals surface area (Å²) in [7, 11) is 1.12. The summed E-state index contributed by atoms with van der Waals surface area (Å²) < 4.78 is 15.7. The van der Waals surface area contributed by atoms with E-state index < -0.39 is 23.8 Å². The van der Waals surface area contributed by atoms with Crippen molar-refractivity contribution in [3.8, 4) is 5.75 Å². The first-order valence-corrected chi connectivity index (χ1v) is 9.24. The Hall–Kier alpha value is -3.93. The molecule has 0 aliphatic heterocycles. The molecule has 3 aromatic rings. The van der Waals surface area contributed by atoms with Gasteiger partial charge in [0.05, 0.1) is 18.2 Å². The van der Waals surface area contributed by atoms with E-state index in [2.05, 4.69) is 4.74 Å². The summed E-state index contributed by atoms with van der Waals surface area (Å²) in [6, 6.07) is 24.0. The summed E-state index contributed by atoms with van der Waals surface area (Å²) in [5.41, 5.74) is 1.25. The number of carbonyl (C=O) groups excluding carboxylic acids is 3. The zero-order chi connectivity index (χ0) is 21.3. The van der Waals surface area contributed by atoms with Crippen LogP contribution in [0, 0.1) is 0 Å². The second-order valence-corrected chi connectivity index (χ2v) is 6.31. The first kappa shape index (κ1) is 20.8. The summed E-state index contributed by atoms with van der Waals surface area (Å²) in [4.78, 5) is 37.7. The first-order valence-electron chi connectivity index (χ1n) is 9.24. The van der Waals surface area contributed by atoms with Gasteiger partial charge in [0, 0.05) is 0 Å². The van der Waals surface area contributed by atoms with Crippen LogP contribution in [0.4, 0.5) is 0 Å². The predicted molar refractivity (Wildman–Crippen MR) is 109 cm³/mol. The zero-order valence-electron chi connectivity index (χ0n) is 16.3. The van der Waals surface area contributed by atoms with Crippen molar-refractivity contribution in [2.45, 2.75) is 12.7 Å². The highest BCUT2D eigenvalue weighted by molar-refractivity contribution is 6.13. The van der Waals surface area contributed by atoms with Crippen LogP contribution in [0.3, 0.4) is 0 Å². The van der Waals surface area contributed by atoms with Crippen LogP contribution in [0.2, 0.25) is 0 Å². The number of rotatable bonds is 8. The molecule has 0 amide bonds. The molecule has 6 heteroatoms. The van der Waals surface area contributed by atoms with Crippen molar-refractivity contribution in [2.75, 3.05) is 7.11 Å². The van der Waals surface area contributed by atoms with Gasteiger partial charge in [0.1, 0.15) is 12.4 Å². The molecule has 0 aliphatic carbocycles. The van der Waals surface area contributed by atoms with Crippen molar-refractivity contribution >= 4 is 17.7 Å². The summed E-state index contributed by atoms with van der Waals surface area (Å²) in [5, 5.41) is 0. The number of benzene rings is 3. The predicted octanol–water partition coefficient (Wildman–Crippen LogP) is 3.85. The minimum Gasteiger partial charge on any atom is -0.488 e. The van der Waals surface area contributed by atoms with Crippen molar-refractivity contribution in [1.82, 2.24) is 0 Å². The normalized spacial score (nSPS) is 11.2. The van der Waals surface area contributed by atoms with E-state index in [0.29, 0.717) is 0 Å². The molecule has 3 aromatic carbocycles. The molecule has 0 N–H and O–H groups in total. The van der Waals surface area contributed by atoms with E-state index in [1.54, 1.807) is 36.4 Å². The molecule has 152 valence electrons. The Morgan fingerprint density at radius 2 is 1.40 bits per heavy atom. The Morgan fingerprint density at radius 3 is 2.07 bits per heavy atom. The van der Waals surface area contributed by atoms with Crippen molar-refractivity contribution < 1.29 is 28.6 Å². The summed E-state index contributed by atoms with van der Waals surface area (Å²) in [6.45, 7) is 0.234. The zero-order valence-corrected chi connectivity index (χ0v) is 16.3. The molecule has 0 spiro atoms. The first-order chi connectivity index (χ1) is 14.6. The van der Waals surface area contributed by atoms with Crippen LogP contribution < -0.4 is 4.74 Å². The Balaban J connectivity index is 1.82. The lowest BCUT2D eigenvalue weighted by molar-refractivity contribution is -0.148. The van der Waals surface area contributed by atoms with Crippen LogP contribution in [0.25, 0.3) is 0 Å². The molecule has 0 saturated carbocycles. The van der Waals surface area contributed by atoms with Crippen molar-refractivity contribution in [2.24, 2.45) is 0 Å². The fourth-order valence-electron chi connectivity index (χ4n) is 2.74. The van der Waals surface area contributed by atoms with Gasteiger partial charge in [-0.05, 0) is 29.8 Å². The monoisotopic (exact) mass is 404 g/mol. The fraction of sp³-hybridized carbons (Fsp3) is 0.125. The van der Waals surface area contributed by atoms with E-state index in [0.717, 1.165) is 12.7 Å². The highest BCUT2D eigenvalue weighted by atomic mass is 16.6. The SMILES string of the molecule is COC(=O)C(OC(=O)c1ccccc1)C(=O)c1ccccc1OCc1ccccc1. The molecule has 30 heavy (non-hydrogen) atoms. The van der Waals surface area contributed by atoms with Gasteiger partial charge in [0.2, 0.25) is 5.78 Å². The van der Waals surface area contributed by atoms with Gasteiger partial charge < -0.3 is 14.2 Å². The van der Waals surface area contributed by atoms with E-state index in [1.807, 2.05) is 30.3 Å². The molecule has 0 aromatic heterocycles. The number of ketones is 1. The molecule has 0 radical (unpaired) electrons. The molecule has 1 atom stereocenters. The Morgan fingerprint density at radius 1 is 0.800 bits per heavy atom. The third-order valence-corrected chi connectivity index (χ3v) is 4.28. The van der Waals surface area contributed by atoms with Crippen LogP contribution in [-0.4, -0.2) is 30.9 Å². The molecular weight excluding hydrogens is 384 g/mol. The van der Waals surface area contributed by atoms with E-state index in [4.69, 9.17) is 9.47 Å². The van der Waals surface area contributed by atoms with E-state index in [9.17, 15) is 14.4 Å². The lowest BCUT2D eigenvalue weighted by atomic mass is 10.0. The molecule has 0 saturated heterocycles. The van der Waals surface area contributed by atoms with Crippen molar-refractivity contribution in [3.05, 3.63) is 102 Å². The number of hydrogen-bond acceptors (Lipinski definition) is 6. The number of esters is 2. The maximum atomic E-state index is 13.1. The minimum atomic E-state index is -1.75. The number of methoxy groups -OCH3 is 1. The third kappa shape index (κ3) is 5.11. The standard InChI is InChI=1S/C24H20O6/c1-28-24(27)22(30-23(26)18-12-6-3-7-13-18)21(25)19-14-8-9-15-20(19)29-16-17-10-4-2-5-11-17/h2-15,22H,16H2,1H3. The number of carbonyl (C=O) groups is 3. The lowest BCUT2D eigenvalue weighted by Crippen LogP contribution is -2.36. The quantitative estimate of drug-likeness (QED) is 0.322. The van der Waals surface area contributed by atoms with Gasteiger partial charge in [-0.3, -0.25) is 4.79 Å². The van der Waals surface area contributed by atoms with E-state index in [1.165, 1.54) is 18.2 Å². The van der Waals surface area contributed by atoms with Crippen molar-refractivity contribution in [3.63, 3.8) is 0 Å². The van der Waals surface area contributed by atoms with E-state index >= 15 is 0 Å². The number of para-hydroxylation sites is 1. The number of Topliss-reactive ketones (excluding diaryl/α,β-unsaturated/α-hetero) is 1. The van der Waals surface area contributed by atoms with Crippen LogP contribution in [-0.2, 0) is 20.9 Å². The topological polar surface area (TPSA) is 78.9 Å². The van der Waals surface area contributed by atoms with Gasteiger partial charge in [-0.1, -0.05) is 60.7 Å². The molecule has 0 bridgehead atoms. The summed E-state index contributed by atoms with van der Waals surface area (Å²) in [6.07, 6.45) is -1.75. The average Bonchev–Trinajstić information content (AvgIpc) is 2.81. The Kier molecular flexibility index (Phi) is 6.95. The molecule has 0 heterocycles.